The Labute approximate surface area is 118 Å². The Kier molecular flexibility index (Phi) is 3.33. The van der Waals surface area contributed by atoms with Crippen LogP contribution < -0.4 is 0 Å². The highest BCUT2D eigenvalue weighted by molar-refractivity contribution is 9.10. The lowest BCUT2D eigenvalue weighted by molar-refractivity contribution is 0.0349. The quantitative estimate of drug-likeness (QED) is 0.781. The van der Waals surface area contributed by atoms with Gasteiger partial charge in [-0.05, 0) is 33.5 Å². The van der Waals surface area contributed by atoms with E-state index < -0.39 is 6.10 Å². The summed E-state index contributed by atoms with van der Waals surface area (Å²) in [6, 6.07) is 8.01. The van der Waals surface area contributed by atoms with Crippen LogP contribution in [0.15, 0.2) is 39.5 Å². The molecule has 0 saturated heterocycles. The van der Waals surface area contributed by atoms with Crippen LogP contribution in [0.25, 0.3) is 0 Å². The number of rotatable bonds is 2. The van der Waals surface area contributed by atoms with E-state index in [1.54, 1.807) is 0 Å². The fourth-order valence-electron chi connectivity index (χ4n) is 2.21. The Bertz CT molecular complexity index is 591. The maximum atomic E-state index is 12.5. The number of halogens is 1. The summed E-state index contributed by atoms with van der Waals surface area (Å²) < 4.78 is 6.53. The van der Waals surface area contributed by atoms with Crippen molar-refractivity contribution >= 4 is 33.0 Å². The molecular weight excluding hydrogens is 312 g/mol. The number of hydrogen-bond donors (Lipinski definition) is 0. The molecule has 0 aliphatic carbocycles. The average molecular weight is 323 g/mol. The van der Waals surface area contributed by atoms with E-state index >= 15 is 0 Å². The van der Waals surface area contributed by atoms with Crippen LogP contribution in [0.1, 0.15) is 27.6 Å². The second kappa shape index (κ2) is 4.96. The summed E-state index contributed by atoms with van der Waals surface area (Å²) in [7, 11) is 0. The number of ketones is 1. The lowest BCUT2D eigenvalue weighted by Crippen LogP contribution is -2.23. The number of hydrogen-bond acceptors (Lipinski definition) is 3. The predicted molar refractivity (Wildman–Crippen MR) is 75.2 cm³/mol. The smallest absolute Gasteiger partial charge is 0.198 e. The van der Waals surface area contributed by atoms with Crippen molar-refractivity contribution in [2.75, 3.05) is 6.61 Å². The number of fused-ring (bicyclic) bond motifs is 1. The van der Waals surface area contributed by atoms with Gasteiger partial charge in [-0.25, -0.2) is 0 Å². The summed E-state index contributed by atoms with van der Waals surface area (Å²) in [6.07, 6.45) is 0.422. The van der Waals surface area contributed by atoms with Crippen molar-refractivity contribution in [2.24, 2.45) is 0 Å². The van der Waals surface area contributed by atoms with Crippen LogP contribution in [-0.2, 0) is 11.2 Å². The van der Waals surface area contributed by atoms with E-state index in [1.165, 1.54) is 16.9 Å². The van der Waals surface area contributed by atoms with Gasteiger partial charge in [0.25, 0.3) is 0 Å². The zero-order valence-electron chi connectivity index (χ0n) is 9.56. The summed E-state index contributed by atoms with van der Waals surface area (Å²) >= 11 is 4.92. The fraction of sp³-hybridized carbons (Fsp3) is 0.214. The molecule has 0 fully saturated rings. The standard InChI is InChI=1S/C14H11BrO2S/c15-12-8-18-7-11(12)13(16)14-10-4-2-1-3-9(10)5-6-17-14/h1-4,7-8,14H,5-6H2. The topological polar surface area (TPSA) is 26.3 Å². The van der Waals surface area contributed by atoms with Crippen molar-refractivity contribution in [3.05, 3.63) is 56.2 Å². The zero-order chi connectivity index (χ0) is 12.5. The Morgan fingerprint density at radius 1 is 1.33 bits per heavy atom. The number of benzene rings is 1. The van der Waals surface area contributed by atoms with Gasteiger partial charge in [0.15, 0.2) is 5.78 Å². The Morgan fingerprint density at radius 2 is 2.17 bits per heavy atom. The van der Waals surface area contributed by atoms with Crippen LogP contribution in [0.4, 0.5) is 0 Å². The van der Waals surface area contributed by atoms with Gasteiger partial charge in [0.2, 0.25) is 0 Å². The number of Topliss-reactive ketones (excluding diaryl/α,β-unsaturated/α-hetero) is 1. The summed E-state index contributed by atoms with van der Waals surface area (Å²) in [5, 5.41) is 3.79. The van der Waals surface area contributed by atoms with Gasteiger partial charge >= 0.3 is 0 Å². The van der Waals surface area contributed by atoms with Crippen molar-refractivity contribution < 1.29 is 9.53 Å². The van der Waals surface area contributed by atoms with Crippen LogP contribution in [0.2, 0.25) is 0 Å². The highest BCUT2D eigenvalue weighted by Gasteiger charge is 2.29. The van der Waals surface area contributed by atoms with Crippen LogP contribution >= 0.6 is 27.3 Å². The van der Waals surface area contributed by atoms with Gasteiger partial charge in [-0.1, -0.05) is 24.3 Å². The maximum absolute atomic E-state index is 12.5. The molecular formula is C14H11BrO2S. The first-order valence-corrected chi connectivity index (χ1v) is 7.46. The van der Waals surface area contributed by atoms with Gasteiger partial charge in [0.1, 0.15) is 6.10 Å². The zero-order valence-corrected chi connectivity index (χ0v) is 12.0. The highest BCUT2D eigenvalue weighted by Crippen LogP contribution is 2.33. The molecule has 1 atom stereocenters. The van der Waals surface area contributed by atoms with Crippen LogP contribution in [0, 0.1) is 0 Å². The first-order valence-electron chi connectivity index (χ1n) is 5.72. The average Bonchev–Trinajstić information content (AvgIpc) is 2.83. The van der Waals surface area contributed by atoms with Gasteiger partial charge in [-0.3, -0.25) is 4.79 Å². The summed E-state index contributed by atoms with van der Waals surface area (Å²) in [6.45, 7) is 0.606. The minimum absolute atomic E-state index is 0.0373. The molecule has 2 aromatic rings. The number of thiophene rings is 1. The van der Waals surface area contributed by atoms with E-state index in [9.17, 15) is 4.79 Å². The van der Waals surface area contributed by atoms with Crippen molar-refractivity contribution in [3.8, 4) is 0 Å². The minimum atomic E-state index is -0.458. The molecule has 1 aliphatic heterocycles. The summed E-state index contributed by atoms with van der Waals surface area (Å²) in [5.74, 6) is 0.0373. The molecule has 4 heteroatoms. The molecule has 1 aromatic carbocycles. The molecule has 1 aliphatic rings. The molecule has 3 rings (SSSR count). The van der Waals surface area contributed by atoms with Crippen molar-refractivity contribution in [3.63, 3.8) is 0 Å². The van der Waals surface area contributed by atoms with Crippen molar-refractivity contribution in [1.82, 2.24) is 0 Å². The lowest BCUT2D eigenvalue weighted by atomic mass is 9.93. The van der Waals surface area contributed by atoms with Gasteiger partial charge in [-0.2, -0.15) is 11.3 Å². The molecule has 18 heavy (non-hydrogen) atoms. The molecule has 1 aromatic heterocycles. The van der Waals surface area contributed by atoms with E-state index in [2.05, 4.69) is 22.0 Å². The molecule has 0 amide bonds. The van der Waals surface area contributed by atoms with Gasteiger partial charge in [-0.15, -0.1) is 0 Å². The first kappa shape index (κ1) is 12.1. The van der Waals surface area contributed by atoms with Gasteiger partial charge < -0.3 is 4.74 Å². The molecule has 92 valence electrons. The SMILES string of the molecule is O=C(c1cscc1Br)C1OCCc2ccccc21. The third-order valence-corrected chi connectivity index (χ3v) is 4.81. The normalized spacial score (nSPS) is 18.4. The molecule has 0 bridgehead atoms. The van der Waals surface area contributed by atoms with E-state index in [0.717, 1.165) is 16.5 Å². The Morgan fingerprint density at radius 3 is 2.94 bits per heavy atom. The molecule has 0 saturated carbocycles. The second-order valence-corrected chi connectivity index (χ2v) is 5.80. The van der Waals surface area contributed by atoms with Crippen LogP contribution in [-0.4, -0.2) is 12.4 Å². The van der Waals surface area contributed by atoms with E-state index in [1.807, 2.05) is 29.0 Å². The number of ether oxygens (including phenoxy) is 1. The van der Waals surface area contributed by atoms with Crippen LogP contribution in [0.5, 0.6) is 0 Å². The number of carbonyl (C=O) groups is 1. The maximum Gasteiger partial charge on any atom is 0.198 e. The molecule has 2 nitrogen and oxygen atoms in total. The third-order valence-electron chi connectivity index (χ3n) is 3.11. The number of carbonyl (C=O) groups excluding carboxylic acids is 1. The van der Waals surface area contributed by atoms with Gasteiger partial charge in [0.05, 0.1) is 6.61 Å². The molecule has 0 radical (unpaired) electrons. The monoisotopic (exact) mass is 322 g/mol. The summed E-state index contributed by atoms with van der Waals surface area (Å²) in [5.41, 5.74) is 2.93. The second-order valence-electron chi connectivity index (χ2n) is 4.20. The third kappa shape index (κ3) is 2.05. The summed E-state index contributed by atoms with van der Waals surface area (Å²) in [4.78, 5) is 12.5. The lowest BCUT2D eigenvalue weighted by Gasteiger charge is -2.24. The molecule has 0 spiro atoms. The molecule has 0 N–H and O–H groups in total. The molecule has 1 unspecified atom stereocenters. The van der Waals surface area contributed by atoms with E-state index in [-0.39, 0.29) is 5.78 Å². The minimum Gasteiger partial charge on any atom is -0.365 e. The van der Waals surface area contributed by atoms with Crippen molar-refractivity contribution in [2.45, 2.75) is 12.5 Å². The predicted octanol–water partition coefficient (Wildman–Crippen LogP) is 4.01. The molecule has 2 heterocycles. The largest absolute Gasteiger partial charge is 0.365 e. The fourth-order valence-corrected chi connectivity index (χ4v) is 3.69. The van der Waals surface area contributed by atoms with E-state index in [4.69, 9.17) is 4.74 Å². The first-order chi connectivity index (χ1) is 8.77. The van der Waals surface area contributed by atoms with Crippen LogP contribution in [0.3, 0.4) is 0 Å². The highest BCUT2D eigenvalue weighted by atomic mass is 79.9. The Hall–Kier alpha value is -0.970. The van der Waals surface area contributed by atoms with Crippen molar-refractivity contribution in [1.29, 1.82) is 0 Å². The Balaban J connectivity index is 2.00. The van der Waals surface area contributed by atoms with E-state index in [0.29, 0.717) is 12.2 Å². The van der Waals surface area contributed by atoms with Gasteiger partial charge in [0, 0.05) is 20.8 Å².